The number of carbonyl (C=O) groups excluding carboxylic acids is 1. The molecular weight excluding hydrogens is 311 g/mol. The first-order valence-corrected chi connectivity index (χ1v) is 7.86. The predicted octanol–water partition coefficient (Wildman–Crippen LogP) is 2.63. The molecule has 0 radical (unpaired) electrons. The monoisotopic (exact) mass is 330 g/mol. The van der Waals surface area contributed by atoms with Gasteiger partial charge in [-0.15, -0.1) is 0 Å². The van der Waals surface area contributed by atoms with E-state index in [9.17, 15) is 4.79 Å². The summed E-state index contributed by atoms with van der Waals surface area (Å²) in [7, 11) is 0. The van der Waals surface area contributed by atoms with Gasteiger partial charge in [-0.25, -0.2) is 0 Å². The summed E-state index contributed by atoms with van der Waals surface area (Å²) in [6.45, 7) is 2.84. The summed E-state index contributed by atoms with van der Waals surface area (Å²) in [6, 6.07) is 5.65. The molecule has 0 aromatic heterocycles. The van der Waals surface area contributed by atoms with Crippen molar-refractivity contribution in [1.82, 2.24) is 10.2 Å². The van der Waals surface area contributed by atoms with Crippen LogP contribution in [0.15, 0.2) is 18.2 Å². The van der Waals surface area contributed by atoms with E-state index in [1.807, 2.05) is 17.9 Å². The highest BCUT2D eigenvalue weighted by atomic mass is 35.5. The fraction of sp³-hybridized carbons (Fsp3) is 0.533. The number of carbonyl (C=O) groups is 1. The highest BCUT2D eigenvalue weighted by Crippen LogP contribution is 2.27. The number of benzene rings is 1. The van der Waals surface area contributed by atoms with Crippen molar-refractivity contribution in [2.24, 2.45) is 0 Å². The highest BCUT2D eigenvalue weighted by molar-refractivity contribution is 6.42. The molecule has 1 aliphatic carbocycles. The Morgan fingerprint density at radius 1 is 1.43 bits per heavy atom. The predicted molar refractivity (Wildman–Crippen MR) is 84.7 cm³/mol. The number of hydrogen-bond acceptors (Lipinski definition) is 3. The standard InChI is InChI=1S/C15H20Cl2N2O2/c1-10(11-2-5-13(16)14(17)8-11)18-15(21)9-19(6-7-20)12-3-4-12/h2,5,8,10,12,20H,3-4,6-7,9H2,1H3,(H,18,21). The van der Waals surface area contributed by atoms with Gasteiger partial charge in [-0.05, 0) is 37.5 Å². The summed E-state index contributed by atoms with van der Waals surface area (Å²) in [5.41, 5.74) is 0.915. The average Bonchev–Trinajstić information content (AvgIpc) is 3.25. The van der Waals surface area contributed by atoms with E-state index in [4.69, 9.17) is 28.3 Å². The Hall–Kier alpha value is -0.810. The molecule has 4 nitrogen and oxygen atoms in total. The summed E-state index contributed by atoms with van der Waals surface area (Å²) < 4.78 is 0. The van der Waals surface area contributed by atoms with Crippen molar-refractivity contribution in [2.45, 2.75) is 31.8 Å². The molecular formula is C15H20Cl2N2O2. The van der Waals surface area contributed by atoms with Crippen LogP contribution in [-0.4, -0.2) is 41.7 Å². The van der Waals surface area contributed by atoms with Crippen LogP contribution in [-0.2, 0) is 4.79 Å². The van der Waals surface area contributed by atoms with Gasteiger partial charge < -0.3 is 10.4 Å². The minimum atomic E-state index is -0.137. The van der Waals surface area contributed by atoms with E-state index in [1.165, 1.54) is 0 Å². The Bertz CT molecular complexity index is 506. The number of aliphatic hydroxyl groups excluding tert-OH is 1. The highest BCUT2D eigenvalue weighted by Gasteiger charge is 2.29. The lowest BCUT2D eigenvalue weighted by atomic mass is 10.1. The Kier molecular flexibility index (Phi) is 5.88. The van der Waals surface area contributed by atoms with Gasteiger partial charge in [-0.1, -0.05) is 29.3 Å². The topological polar surface area (TPSA) is 52.6 Å². The molecule has 1 amide bonds. The van der Waals surface area contributed by atoms with Gasteiger partial charge in [0.15, 0.2) is 0 Å². The molecule has 1 fully saturated rings. The second-order valence-corrected chi connectivity index (χ2v) is 6.20. The van der Waals surface area contributed by atoms with Crippen LogP contribution in [0, 0.1) is 0 Å². The minimum Gasteiger partial charge on any atom is -0.395 e. The molecule has 0 bridgehead atoms. The molecule has 6 heteroatoms. The molecule has 1 aliphatic rings. The van der Waals surface area contributed by atoms with Crippen LogP contribution >= 0.6 is 23.2 Å². The van der Waals surface area contributed by atoms with Crippen LogP contribution in [0.1, 0.15) is 31.4 Å². The lowest BCUT2D eigenvalue weighted by Crippen LogP contribution is -2.40. The fourth-order valence-corrected chi connectivity index (χ4v) is 2.60. The van der Waals surface area contributed by atoms with Crippen LogP contribution in [0.4, 0.5) is 0 Å². The van der Waals surface area contributed by atoms with Gasteiger partial charge in [0.05, 0.1) is 29.2 Å². The second-order valence-electron chi connectivity index (χ2n) is 5.39. The lowest BCUT2D eigenvalue weighted by molar-refractivity contribution is -0.123. The van der Waals surface area contributed by atoms with Crippen LogP contribution in [0.3, 0.4) is 0 Å². The molecule has 0 spiro atoms. The largest absolute Gasteiger partial charge is 0.395 e. The Balaban J connectivity index is 1.90. The maximum Gasteiger partial charge on any atom is 0.234 e. The first-order valence-electron chi connectivity index (χ1n) is 7.10. The number of halogens is 2. The molecule has 21 heavy (non-hydrogen) atoms. The van der Waals surface area contributed by atoms with Gasteiger partial charge in [-0.2, -0.15) is 0 Å². The molecule has 2 N–H and O–H groups in total. The number of rotatable bonds is 7. The van der Waals surface area contributed by atoms with Crippen molar-refractivity contribution in [3.63, 3.8) is 0 Å². The molecule has 0 heterocycles. The maximum atomic E-state index is 12.1. The molecule has 1 unspecified atom stereocenters. The third-order valence-corrected chi connectivity index (χ3v) is 4.36. The minimum absolute atomic E-state index is 0.0473. The summed E-state index contributed by atoms with van der Waals surface area (Å²) in [4.78, 5) is 14.1. The maximum absolute atomic E-state index is 12.1. The SMILES string of the molecule is CC(NC(=O)CN(CCO)C1CC1)c1ccc(Cl)c(Cl)c1. The number of hydrogen-bond donors (Lipinski definition) is 2. The Labute approximate surface area is 135 Å². The van der Waals surface area contributed by atoms with E-state index >= 15 is 0 Å². The van der Waals surface area contributed by atoms with E-state index in [0.29, 0.717) is 29.2 Å². The molecule has 1 aromatic rings. The third-order valence-electron chi connectivity index (χ3n) is 3.62. The molecule has 0 saturated heterocycles. The molecule has 1 saturated carbocycles. The van der Waals surface area contributed by atoms with Crippen LogP contribution < -0.4 is 5.32 Å². The second kappa shape index (κ2) is 7.45. The van der Waals surface area contributed by atoms with Crippen molar-refractivity contribution in [3.8, 4) is 0 Å². The van der Waals surface area contributed by atoms with Crippen LogP contribution in [0.2, 0.25) is 10.0 Å². The van der Waals surface area contributed by atoms with Crippen molar-refractivity contribution < 1.29 is 9.90 Å². The summed E-state index contributed by atoms with van der Waals surface area (Å²) in [5.74, 6) is -0.0473. The van der Waals surface area contributed by atoms with Gasteiger partial charge >= 0.3 is 0 Å². The zero-order valence-electron chi connectivity index (χ0n) is 12.0. The smallest absolute Gasteiger partial charge is 0.234 e. The third kappa shape index (κ3) is 4.85. The first kappa shape index (κ1) is 16.6. The molecule has 1 aromatic carbocycles. The zero-order chi connectivity index (χ0) is 15.4. The number of amides is 1. The lowest BCUT2D eigenvalue weighted by Gasteiger charge is -2.22. The van der Waals surface area contributed by atoms with Crippen LogP contribution in [0.25, 0.3) is 0 Å². The van der Waals surface area contributed by atoms with Gasteiger partial charge in [0, 0.05) is 12.6 Å². The van der Waals surface area contributed by atoms with E-state index < -0.39 is 0 Å². The van der Waals surface area contributed by atoms with Gasteiger partial charge in [-0.3, -0.25) is 9.69 Å². The van der Waals surface area contributed by atoms with Crippen LogP contribution in [0.5, 0.6) is 0 Å². The van der Waals surface area contributed by atoms with E-state index in [2.05, 4.69) is 5.32 Å². The quantitative estimate of drug-likeness (QED) is 0.808. The van der Waals surface area contributed by atoms with E-state index in [0.717, 1.165) is 18.4 Å². The normalized spacial score (nSPS) is 16.0. The molecule has 1 atom stereocenters. The first-order chi connectivity index (χ1) is 10.0. The Morgan fingerprint density at radius 3 is 2.71 bits per heavy atom. The molecule has 116 valence electrons. The number of nitrogens with zero attached hydrogens (tertiary/aromatic N) is 1. The van der Waals surface area contributed by atoms with Crippen molar-refractivity contribution >= 4 is 29.1 Å². The van der Waals surface area contributed by atoms with E-state index in [-0.39, 0.29) is 18.6 Å². The molecule has 0 aliphatic heterocycles. The van der Waals surface area contributed by atoms with E-state index in [1.54, 1.807) is 12.1 Å². The Morgan fingerprint density at radius 2 is 2.14 bits per heavy atom. The van der Waals surface area contributed by atoms with Crippen molar-refractivity contribution in [1.29, 1.82) is 0 Å². The average molecular weight is 331 g/mol. The van der Waals surface area contributed by atoms with Gasteiger partial charge in [0.2, 0.25) is 5.91 Å². The molecule has 2 rings (SSSR count). The fourth-order valence-electron chi connectivity index (χ4n) is 2.30. The van der Waals surface area contributed by atoms with Gasteiger partial charge in [0.1, 0.15) is 0 Å². The zero-order valence-corrected chi connectivity index (χ0v) is 13.5. The summed E-state index contributed by atoms with van der Waals surface area (Å²) >= 11 is 11.9. The summed E-state index contributed by atoms with van der Waals surface area (Å²) in [6.07, 6.45) is 2.21. The summed E-state index contributed by atoms with van der Waals surface area (Å²) in [5, 5.41) is 13.0. The number of nitrogens with one attached hydrogen (secondary N) is 1. The van der Waals surface area contributed by atoms with Gasteiger partial charge in [0.25, 0.3) is 0 Å². The number of aliphatic hydroxyl groups is 1. The van der Waals surface area contributed by atoms with Crippen molar-refractivity contribution in [3.05, 3.63) is 33.8 Å². The van der Waals surface area contributed by atoms with Crippen molar-refractivity contribution in [2.75, 3.05) is 19.7 Å².